The molecule has 0 atom stereocenters. The third-order valence-corrected chi connectivity index (χ3v) is 10.4. The van der Waals surface area contributed by atoms with Crippen LogP contribution >= 0.6 is 0 Å². The van der Waals surface area contributed by atoms with Crippen LogP contribution in [-0.2, 0) is 26.5 Å². The SMILES string of the molecule is Cc1c(C)c(C)c(S(=O)(=O)Nc2ccc(S(=O)(=O)N3CCCc4ccccc43)cc2)c(C)c1C. The lowest BCUT2D eigenvalue weighted by atomic mass is 9.95. The minimum atomic E-state index is -3.86. The molecule has 0 bridgehead atoms. The zero-order chi connectivity index (χ0) is 24.8. The summed E-state index contributed by atoms with van der Waals surface area (Å²) < 4.78 is 57.3. The highest BCUT2D eigenvalue weighted by Gasteiger charge is 2.29. The maximum atomic E-state index is 13.4. The number of benzene rings is 3. The van der Waals surface area contributed by atoms with Crippen LogP contribution < -0.4 is 9.03 Å². The maximum absolute atomic E-state index is 13.4. The summed E-state index contributed by atoms with van der Waals surface area (Å²) in [5.41, 5.74) is 6.45. The molecule has 0 radical (unpaired) electrons. The molecule has 0 amide bonds. The Balaban J connectivity index is 1.65. The molecule has 3 aromatic carbocycles. The van der Waals surface area contributed by atoms with Gasteiger partial charge in [0.05, 0.1) is 15.5 Å². The molecule has 6 nitrogen and oxygen atoms in total. The first-order valence-electron chi connectivity index (χ1n) is 11.3. The second kappa shape index (κ2) is 8.74. The molecule has 1 heterocycles. The molecule has 0 saturated heterocycles. The van der Waals surface area contributed by atoms with Gasteiger partial charge in [0, 0.05) is 12.2 Å². The van der Waals surface area contributed by atoms with E-state index in [0.29, 0.717) is 17.9 Å². The van der Waals surface area contributed by atoms with Gasteiger partial charge in [-0.25, -0.2) is 16.8 Å². The Morgan fingerprint density at radius 3 is 1.91 bits per heavy atom. The van der Waals surface area contributed by atoms with Crippen LogP contribution in [0.4, 0.5) is 11.4 Å². The highest BCUT2D eigenvalue weighted by atomic mass is 32.2. The van der Waals surface area contributed by atoms with E-state index in [1.54, 1.807) is 0 Å². The predicted molar refractivity (Wildman–Crippen MR) is 137 cm³/mol. The molecule has 1 aliphatic heterocycles. The Morgan fingerprint density at radius 2 is 1.29 bits per heavy atom. The van der Waals surface area contributed by atoms with Gasteiger partial charge < -0.3 is 0 Å². The van der Waals surface area contributed by atoms with Crippen LogP contribution in [0.3, 0.4) is 0 Å². The lowest BCUT2D eigenvalue weighted by molar-refractivity contribution is 0.586. The number of hydrogen-bond acceptors (Lipinski definition) is 4. The Hall–Kier alpha value is -2.84. The van der Waals surface area contributed by atoms with Crippen LogP contribution in [0.15, 0.2) is 58.3 Å². The molecule has 0 saturated carbocycles. The highest BCUT2D eigenvalue weighted by Crippen LogP contribution is 2.33. The van der Waals surface area contributed by atoms with Crippen LogP contribution in [0.5, 0.6) is 0 Å². The van der Waals surface area contributed by atoms with Crippen molar-refractivity contribution >= 4 is 31.4 Å². The van der Waals surface area contributed by atoms with E-state index < -0.39 is 20.0 Å². The first-order valence-corrected chi connectivity index (χ1v) is 14.2. The summed E-state index contributed by atoms with van der Waals surface area (Å²) in [7, 11) is -7.62. The lowest BCUT2D eigenvalue weighted by Crippen LogP contribution is -2.35. The van der Waals surface area contributed by atoms with E-state index >= 15 is 0 Å². The van der Waals surface area contributed by atoms with Crippen LogP contribution in [-0.4, -0.2) is 23.4 Å². The van der Waals surface area contributed by atoms with Gasteiger partial charge in [-0.3, -0.25) is 9.03 Å². The van der Waals surface area contributed by atoms with Gasteiger partial charge >= 0.3 is 0 Å². The van der Waals surface area contributed by atoms with E-state index in [-0.39, 0.29) is 9.79 Å². The number of nitrogens with one attached hydrogen (secondary N) is 1. The standard InChI is InChI=1S/C26H30N2O4S2/c1-17-18(2)20(4)26(21(5)19(17)3)33(29,30)27-23-12-14-24(15-13-23)34(31,32)28-16-8-10-22-9-6-7-11-25(22)28/h6-7,9,11-15,27H,8,10,16H2,1-5H3. The molecule has 0 unspecified atom stereocenters. The monoisotopic (exact) mass is 498 g/mol. The van der Waals surface area contributed by atoms with Crippen LogP contribution in [0.1, 0.15) is 39.8 Å². The second-order valence-electron chi connectivity index (χ2n) is 8.89. The summed E-state index contributed by atoms with van der Waals surface area (Å²) in [6, 6.07) is 13.4. The molecule has 180 valence electrons. The fraction of sp³-hybridized carbons (Fsp3) is 0.308. The van der Waals surface area contributed by atoms with Gasteiger partial charge in [-0.05, 0) is 111 Å². The average molecular weight is 499 g/mol. The van der Waals surface area contributed by atoms with E-state index in [9.17, 15) is 16.8 Å². The molecule has 1 aliphatic rings. The van der Waals surface area contributed by atoms with Gasteiger partial charge in [-0.2, -0.15) is 0 Å². The summed E-state index contributed by atoms with van der Waals surface area (Å²) in [4.78, 5) is 0.399. The zero-order valence-electron chi connectivity index (χ0n) is 20.1. The van der Waals surface area contributed by atoms with Crippen molar-refractivity contribution in [2.75, 3.05) is 15.6 Å². The van der Waals surface area contributed by atoms with Crippen LogP contribution in [0.25, 0.3) is 0 Å². The Kier molecular flexibility index (Phi) is 6.25. The normalized spacial score (nSPS) is 14.1. The van der Waals surface area contributed by atoms with Crippen molar-refractivity contribution in [3.63, 3.8) is 0 Å². The van der Waals surface area contributed by atoms with E-state index in [0.717, 1.165) is 46.2 Å². The quantitative estimate of drug-likeness (QED) is 0.526. The first-order chi connectivity index (χ1) is 15.9. The van der Waals surface area contributed by atoms with Crippen molar-refractivity contribution < 1.29 is 16.8 Å². The molecular weight excluding hydrogens is 468 g/mol. The molecular formula is C26H30N2O4S2. The molecule has 0 fully saturated rings. The predicted octanol–water partition coefficient (Wildman–Crippen LogP) is 5.17. The van der Waals surface area contributed by atoms with Crippen LogP contribution in [0.2, 0.25) is 0 Å². The maximum Gasteiger partial charge on any atom is 0.264 e. The number of aryl methyl sites for hydroxylation is 1. The minimum Gasteiger partial charge on any atom is -0.280 e. The van der Waals surface area contributed by atoms with Gasteiger partial charge in [0.25, 0.3) is 20.0 Å². The van der Waals surface area contributed by atoms with E-state index in [1.807, 2.05) is 58.9 Å². The topological polar surface area (TPSA) is 83.5 Å². The van der Waals surface area contributed by atoms with Crippen LogP contribution in [0, 0.1) is 34.6 Å². The summed E-state index contributed by atoms with van der Waals surface area (Å²) in [5.74, 6) is 0. The number of sulfonamides is 2. The third-order valence-electron chi connectivity index (χ3n) is 6.96. The Labute approximate surface area is 202 Å². The summed E-state index contributed by atoms with van der Waals surface area (Å²) in [6.07, 6.45) is 1.60. The summed E-state index contributed by atoms with van der Waals surface area (Å²) >= 11 is 0. The van der Waals surface area contributed by atoms with Gasteiger partial charge in [0.1, 0.15) is 0 Å². The molecule has 1 N–H and O–H groups in total. The van der Waals surface area contributed by atoms with E-state index in [2.05, 4.69) is 4.72 Å². The summed E-state index contributed by atoms with van der Waals surface area (Å²) in [5, 5.41) is 0. The molecule has 8 heteroatoms. The number of rotatable bonds is 5. The molecule has 3 aromatic rings. The molecule has 0 aliphatic carbocycles. The van der Waals surface area contributed by atoms with Gasteiger partial charge in [0.2, 0.25) is 0 Å². The highest BCUT2D eigenvalue weighted by molar-refractivity contribution is 7.93. The van der Waals surface area contributed by atoms with Crippen molar-refractivity contribution in [3.8, 4) is 0 Å². The number of para-hydroxylation sites is 1. The molecule has 0 aromatic heterocycles. The molecule has 4 rings (SSSR count). The summed E-state index contributed by atoms with van der Waals surface area (Å²) in [6.45, 7) is 9.89. The van der Waals surface area contributed by atoms with Crippen molar-refractivity contribution in [2.45, 2.75) is 57.3 Å². The van der Waals surface area contributed by atoms with Crippen molar-refractivity contribution in [2.24, 2.45) is 0 Å². The first kappa shape index (κ1) is 24.3. The number of fused-ring (bicyclic) bond motifs is 1. The number of hydrogen-bond donors (Lipinski definition) is 1. The Bertz CT molecular complexity index is 1450. The van der Waals surface area contributed by atoms with Crippen molar-refractivity contribution in [1.82, 2.24) is 0 Å². The van der Waals surface area contributed by atoms with Crippen molar-refractivity contribution in [1.29, 1.82) is 0 Å². The average Bonchev–Trinajstić information content (AvgIpc) is 2.81. The minimum absolute atomic E-state index is 0.126. The Morgan fingerprint density at radius 1 is 0.735 bits per heavy atom. The van der Waals surface area contributed by atoms with Crippen molar-refractivity contribution in [3.05, 3.63) is 81.9 Å². The molecule has 34 heavy (non-hydrogen) atoms. The second-order valence-corrected chi connectivity index (χ2v) is 12.4. The smallest absolute Gasteiger partial charge is 0.264 e. The third kappa shape index (κ3) is 4.09. The number of anilines is 2. The fourth-order valence-electron chi connectivity index (χ4n) is 4.65. The van der Waals surface area contributed by atoms with E-state index in [4.69, 9.17) is 0 Å². The largest absolute Gasteiger partial charge is 0.280 e. The fourth-order valence-corrected chi connectivity index (χ4v) is 7.85. The lowest BCUT2D eigenvalue weighted by Gasteiger charge is -2.30. The number of nitrogens with zero attached hydrogens (tertiary/aromatic N) is 1. The van der Waals surface area contributed by atoms with Gasteiger partial charge in [-0.15, -0.1) is 0 Å². The van der Waals surface area contributed by atoms with Gasteiger partial charge in [-0.1, -0.05) is 18.2 Å². The zero-order valence-corrected chi connectivity index (χ0v) is 21.8. The van der Waals surface area contributed by atoms with E-state index in [1.165, 1.54) is 28.6 Å². The molecule has 0 spiro atoms. The van der Waals surface area contributed by atoms with Gasteiger partial charge in [0.15, 0.2) is 0 Å².